The van der Waals surface area contributed by atoms with Gasteiger partial charge < -0.3 is 23.7 Å². The van der Waals surface area contributed by atoms with Crippen LogP contribution in [-0.4, -0.2) is 49.1 Å². The highest BCUT2D eigenvalue weighted by Gasteiger charge is 2.52. The molecule has 0 bridgehead atoms. The van der Waals surface area contributed by atoms with Crippen LogP contribution in [0.4, 0.5) is 0 Å². The summed E-state index contributed by atoms with van der Waals surface area (Å²) in [5, 5.41) is 0. The molecule has 35 heavy (non-hydrogen) atoms. The number of carbonyl (C=O) groups excluding carboxylic acids is 2. The highest BCUT2D eigenvalue weighted by atomic mass is 16.7. The van der Waals surface area contributed by atoms with Crippen molar-refractivity contribution in [2.45, 2.75) is 43.7 Å². The maximum absolute atomic E-state index is 13.1. The fraction of sp³-hybridized carbons (Fsp3) is 0.286. The van der Waals surface area contributed by atoms with E-state index in [1.54, 1.807) is 55.5 Å². The van der Waals surface area contributed by atoms with Gasteiger partial charge in [0.05, 0.1) is 23.8 Å². The van der Waals surface area contributed by atoms with E-state index in [4.69, 9.17) is 23.7 Å². The van der Waals surface area contributed by atoms with Gasteiger partial charge in [-0.1, -0.05) is 66.7 Å². The molecule has 2 aliphatic heterocycles. The van der Waals surface area contributed by atoms with Gasteiger partial charge in [-0.05, 0) is 31.2 Å². The van der Waals surface area contributed by atoms with E-state index in [-0.39, 0.29) is 6.61 Å². The second-order valence-corrected chi connectivity index (χ2v) is 8.53. The molecule has 180 valence electrons. The molecule has 2 saturated heterocycles. The van der Waals surface area contributed by atoms with Gasteiger partial charge in [-0.15, -0.1) is 0 Å². The molecular weight excluding hydrogens is 448 g/mol. The van der Waals surface area contributed by atoms with Crippen molar-refractivity contribution < 1.29 is 33.3 Å². The van der Waals surface area contributed by atoms with Crippen molar-refractivity contribution in [2.24, 2.45) is 0 Å². The van der Waals surface area contributed by atoms with Crippen LogP contribution >= 0.6 is 0 Å². The van der Waals surface area contributed by atoms with Crippen LogP contribution in [-0.2, 0) is 23.7 Å². The zero-order valence-corrected chi connectivity index (χ0v) is 19.2. The van der Waals surface area contributed by atoms with Gasteiger partial charge in [0.15, 0.2) is 18.5 Å². The Kier molecular flexibility index (Phi) is 6.90. The number of hydrogen-bond donors (Lipinski definition) is 0. The SMILES string of the molecule is CC1OC2COC(c3ccccc3)OC2C(OC(=O)c2ccccc2)C1OC(=O)c1ccccc1. The van der Waals surface area contributed by atoms with Gasteiger partial charge in [0.2, 0.25) is 0 Å². The monoisotopic (exact) mass is 474 g/mol. The standard InChI is InChI=1S/C28H26O7/c1-18-23(33-26(29)19-11-5-2-6-12-19)25(34-27(30)20-13-7-3-8-14-20)24-22(32-18)17-31-28(35-24)21-15-9-4-10-16-21/h2-16,18,22-25,28H,17H2,1H3. The van der Waals surface area contributed by atoms with Crippen molar-refractivity contribution in [3.63, 3.8) is 0 Å². The van der Waals surface area contributed by atoms with E-state index < -0.39 is 48.7 Å². The molecule has 7 nitrogen and oxygen atoms in total. The average molecular weight is 475 g/mol. The molecule has 2 heterocycles. The second-order valence-electron chi connectivity index (χ2n) is 8.53. The van der Waals surface area contributed by atoms with Gasteiger partial charge in [-0.3, -0.25) is 0 Å². The molecule has 7 heteroatoms. The van der Waals surface area contributed by atoms with E-state index >= 15 is 0 Å². The fourth-order valence-corrected chi connectivity index (χ4v) is 4.37. The van der Waals surface area contributed by atoms with Crippen LogP contribution in [0.25, 0.3) is 0 Å². The minimum absolute atomic E-state index is 0.243. The molecule has 2 aliphatic rings. The Bertz CT molecular complexity index is 1140. The van der Waals surface area contributed by atoms with Crippen LogP contribution in [0, 0.1) is 0 Å². The molecule has 0 N–H and O–H groups in total. The molecule has 0 aliphatic carbocycles. The van der Waals surface area contributed by atoms with Crippen LogP contribution in [0.5, 0.6) is 0 Å². The lowest BCUT2D eigenvalue weighted by Gasteiger charge is -2.47. The summed E-state index contributed by atoms with van der Waals surface area (Å²) >= 11 is 0. The van der Waals surface area contributed by atoms with Gasteiger partial charge in [0, 0.05) is 5.56 Å². The van der Waals surface area contributed by atoms with Crippen LogP contribution in [0.2, 0.25) is 0 Å². The number of carbonyl (C=O) groups is 2. The molecule has 5 rings (SSSR count). The zero-order chi connectivity index (χ0) is 24.2. The van der Waals surface area contributed by atoms with Crippen LogP contribution in [0.15, 0.2) is 91.0 Å². The van der Waals surface area contributed by atoms with Crippen molar-refractivity contribution in [1.29, 1.82) is 0 Å². The Morgan fingerprint density at radius 2 is 1.23 bits per heavy atom. The first-order valence-electron chi connectivity index (χ1n) is 11.6. The molecular formula is C28H26O7. The minimum Gasteiger partial charge on any atom is -0.452 e. The molecule has 0 saturated carbocycles. The van der Waals surface area contributed by atoms with Gasteiger partial charge in [-0.25, -0.2) is 9.59 Å². The zero-order valence-electron chi connectivity index (χ0n) is 19.2. The fourth-order valence-electron chi connectivity index (χ4n) is 4.37. The van der Waals surface area contributed by atoms with Crippen LogP contribution < -0.4 is 0 Å². The Balaban J connectivity index is 1.43. The first-order valence-corrected chi connectivity index (χ1v) is 11.6. The number of benzene rings is 3. The lowest BCUT2D eigenvalue weighted by atomic mass is 9.94. The highest BCUT2D eigenvalue weighted by Crippen LogP contribution is 2.36. The maximum atomic E-state index is 13.1. The highest BCUT2D eigenvalue weighted by molar-refractivity contribution is 5.90. The van der Waals surface area contributed by atoms with Crippen molar-refractivity contribution in [3.8, 4) is 0 Å². The van der Waals surface area contributed by atoms with Gasteiger partial charge in [-0.2, -0.15) is 0 Å². The lowest BCUT2D eigenvalue weighted by molar-refractivity contribution is -0.325. The number of fused-ring (bicyclic) bond motifs is 1. The summed E-state index contributed by atoms with van der Waals surface area (Å²) in [4.78, 5) is 26.0. The first-order chi connectivity index (χ1) is 17.1. The molecule has 3 aromatic rings. The topological polar surface area (TPSA) is 80.3 Å². The number of rotatable bonds is 5. The quantitative estimate of drug-likeness (QED) is 0.509. The van der Waals surface area contributed by atoms with Gasteiger partial charge >= 0.3 is 11.9 Å². The average Bonchev–Trinajstić information content (AvgIpc) is 2.91. The normalized spacial score (nSPS) is 27.9. The third kappa shape index (κ3) is 5.12. The third-order valence-electron chi connectivity index (χ3n) is 6.14. The van der Waals surface area contributed by atoms with E-state index in [2.05, 4.69) is 0 Å². The van der Waals surface area contributed by atoms with E-state index in [9.17, 15) is 9.59 Å². The predicted molar refractivity (Wildman–Crippen MR) is 126 cm³/mol. The second kappa shape index (κ2) is 10.4. The minimum atomic E-state index is -0.903. The Labute approximate surface area is 203 Å². The summed E-state index contributed by atoms with van der Waals surface area (Å²) in [5.41, 5.74) is 1.61. The summed E-state index contributed by atoms with van der Waals surface area (Å²) in [6.07, 6.45) is -4.21. The van der Waals surface area contributed by atoms with Crippen molar-refractivity contribution >= 4 is 11.9 Å². The van der Waals surface area contributed by atoms with Crippen molar-refractivity contribution in [1.82, 2.24) is 0 Å². The summed E-state index contributed by atoms with van der Waals surface area (Å²) in [6.45, 7) is 2.03. The Hall–Kier alpha value is -3.52. The maximum Gasteiger partial charge on any atom is 0.338 e. The molecule has 0 spiro atoms. The summed E-state index contributed by atoms with van der Waals surface area (Å²) in [5.74, 6) is -1.06. The summed E-state index contributed by atoms with van der Waals surface area (Å²) in [6, 6.07) is 26.8. The van der Waals surface area contributed by atoms with Crippen molar-refractivity contribution in [3.05, 3.63) is 108 Å². The molecule has 0 radical (unpaired) electrons. The molecule has 6 unspecified atom stereocenters. The molecule has 2 fully saturated rings. The smallest absolute Gasteiger partial charge is 0.338 e. The largest absolute Gasteiger partial charge is 0.452 e. The number of esters is 2. The molecule has 0 aromatic heterocycles. The number of ether oxygens (including phenoxy) is 5. The van der Waals surface area contributed by atoms with E-state index in [1.165, 1.54) is 0 Å². The summed E-state index contributed by atoms with van der Waals surface area (Å²) < 4.78 is 30.1. The van der Waals surface area contributed by atoms with Crippen molar-refractivity contribution in [2.75, 3.05) is 6.61 Å². The first kappa shape index (κ1) is 23.2. The van der Waals surface area contributed by atoms with E-state index in [1.807, 2.05) is 42.5 Å². The molecule has 6 atom stereocenters. The molecule has 3 aromatic carbocycles. The van der Waals surface area contributed by atoms with Crippen LogP contribution in [0.3, 0.4) is 0 Å². The lowest BCUT2D eigenvalue weighted by Crippen LogP contribution is -2.63. The number of hydrogen-bond acceptors (Lipinski definition) is 7. The summed E-state index contributed by atoms with van der Waals surface area (Å²) in [7, 11) is 0. The van der Waals surface area contributed by atoms with Gasteiger partial charge in [0.1, 0.15) is 12.2 Å². The van der Waals surface area contributed by atoms with E-state index in [0.29, 0.717) is 11.1 Å². The van der Waals surface area contributed by atoms with E-state index in [0.717, 1.165) is 5.56 Å². The molecule has 0 amide bonds. The third-order valence-corrected chi connectivity index (χ3v) is 6.14. The Morgan fingerprint density at radius 1 is 0.714 bits per heavy atom. The predicted octanol–water partition coefficient (Wildman–Crippen LogP) is 4.34. The Morgan fingerprint density at radius 3 is 1.80 bits per heavy atom. The van der Waals surface area contributed by atoms with Crippen LogP contribution in [0.1, 0.15) is 39.5 Å². The van der Waals surface area contributed by atoms with Gasteiger partial charge in [0.25, 0.3) is 0 Å².